The summed E-state index contributed by atoms with van der Waals surface area (Å²) in [5, 5.41) is 2.62. The first-order valence-corrected chi connectivity index (χ1v) is 11.8. The molecule has 0 atom stereocenters. The molecule has 1 saturated heterocycles. The molecule has 10 heteroatoms. The van der Waals surface area contributed by atoms with E-state index in [2.05, 4.69) is 5.32 Å². The van der Waals surface area contributed by atoms with Crippen LogP contribution in [0.4, 0.5) is 5.69 Å². The summed E-state index contributed by atoms with van der Waals surface area (Å²) in [6.45, 7) is 0.585. The number of carbonyl (C=O) groups is 2. The lowest BCUT2D eigenvalue weighted by Crippen LogP contribution is -2.32. The average Bonchev–Trinajstić information content (AvgIpc) is 3.08. The smallest absolute Gasteiger partial charge is 0.262 e. The van der Waals surface area contributed by atoms with Gasteiger partial charge in [0.1, 0.15) is 11.5 Å². The Hall–Kier alpha value is -3.11. The molecule has 0 radical (unpaired) electrons. The van der Waals surface area contributed by atoms with Crippen LogP contribution in [0.15, 0.2) is 47.4 Å². The molecule has 9 nitrogen and oxygen atoms in total. The quantitative estimate of drug-likeness (QED) is 0.621. The van der Waals surface area contributed by atoms with Gasteiger partial charge in [-0.25, -0.2) is 8.42 Å². The number of hydrogen-bond acceptors (Lipinski definition) is 6. The molecule has 1 fully saturated rings. The normalized spacial score (nSPS) is 14.9. The van der Waals surface area contributed by atoms with E-state index in [1.54, 1.807) is 18.2 Å². The van der Waals surface area contributed by atoms with E-state index in [0.717, 1.165) is 25.7 Å². The molecule has 0 aromatic heterocycles. The molecule has 0 spiro atoms. The highest BCUT2D eigenvalue weighted by Gasteiger charge is 2.25. The summed E-state index contributed by atoms with van der Waals surface area (Å²) in [6, 6.07) is 10.6. The van der Waals surface area contributed by atoms with Crippen molar-refractivity contribution in [3.05, 3.63) is 48.0 Å². The van der Waals surface area contributed by atoms with E-state index in [9.17, 15) is 18.0 Å². The molecule has 0 aliphatic carbocycles. The van der Waals surface area contributed by atoms with Crippen molar-refractivity contribution in [1.29, 1.82) is 0 Å². The number of sulfonamides is 1. The van der Waals surface area contributed by atoms with E-state index in [1.165, 1.54) is 35.7 Å². The van der Waals surface area contributed by atoms with Crippen molar-refractivity contribution in [2.24, 2.45) is 5.73 Å². The fourth-order valence-electron chi connectivity index (χ4n) is 3.46. The van der Waals surface area contributed by atoms with Crippen molar-refractivity contribution in [2.45, 2.75) is 30.6 Å². The first-order chi connectivity index (χ1) is 15.3. The minimum absolute atomic E-state index is 0.115. The van der Waals surface area contributed by atoms with Crippen molar-refractivity contribution in [2.75, 3.05) is 32.1 Å². The molecular formula is C22H27N3O6S. The summed E-state index contributed by atoms with van der Waals surface area (Å²) in [7, 11) is -2.18. The maximum atomic E-state index is 13.0. The minimum Gasteiger partial charge on any atom is -0.497 e. The van der Waals surface area contributed by atoms with Gasteiger partial charge in [0.25, 0.3) is 11.8 Å². The number of nitrogens with two attached hydrogens (primary N) is 1. The van der Waals surface area contributed by atoms with Gasteiger partial charge in [-0.15, -0.1) is 0 Å². The van der Waals surface area contributed by atoms with Crippen LogP contribution in [0.3, 0.4) is 0 Å². The van der Waals surface area contributed by atoms with E-state index in [0.29, 0.717) is 24.5 Å². The predicted molar refractivity (Wildman–Crippen MR) is 119 cm³/mol. The van der Waals surface area contributed by atoms with Crippen LogP contribution in [0.2, 0.25) is 0 Å². The van der Waals surface area contributed by atoms with Crippen LogP contribution in [0.1, 0.15) is 36.0 Å². The van der Waals surface area contributed by atoms with Crippen molar-refractivity contribution < 1.29 is 27.5 Å². The second-order valence-electron chi connectivity index (χ2n) is 7.41. The molecule has 0 unspecified atom stereocenters. The lowest BCUT2D eigenvalue weighted by molar-refractivity contribution is -0.118. The van der Waals surface area contributed by atoms with E-state index in [1.807, 2.05) is 0 Å². The lowest BCUT2D eigenvalue weighted by Gasteiger charge is -2.20. The molecule has 32 heavy (non-hydrogen) atoms. The Kier molecular flexibility index (Phi) is 7.70. The fraction of sp³-hybridized carbons (Fsp3) is 0.364. The summed E-state index contributed by atoms with van der Waals surface area (Å²) < 4.78 is 38.0. The Morgan fingerprint density at radius 1 is 1.06 bits per heavy atom. The third kappa shape index (κ3) is 5.77. The van der Waals surface area contributed by atoms with Gasteiger partial charge in [0.05, 0.1) is 17.6 Å². The number of ether oxygens (including phenoxy) is 2. The highest BCUT2D eigenvalue weighted by atomic mass is 32.2. The molecule has 0 bridgehead atoms. The highest BCUT2D eigenvalue weighted by Crippen LogP contribution is 2.25. The van der Waals surface area contributed by atoms with Gasteiger partial charge in [0.2, 0.25) is 10.0 Å². The van der Waals surface area contributed by atoms with Gasteiger partial charge in [0, 0.05) is 24.8 Å². The second-order valence-corrected chi connectivity index (χ2v) is 9.35. The van der Waals surface area contributed by atoms with Gasteiger partial charge in [-0.2, -0.15) is 4.31 Å². The van der Waals surface area contributed by atoms with Crippen LogP contribution in [0.25, 0.3) is 0 Å². The zero-order valence-corrected chi connectivity index (χ0v) is 18.7. The Morgan fingerprint density at radius 2 is 1.78 bits per heavy atom. The van der Waals surface area contributed by atoms with Crippen molar-refractivity contribution in [1.82, 2.24) is 4.31 Å². The number of carbonyl (C=O) groups excluding carboxylic acids is 2. The summed E-state index contributed by atoms with van der Waals surface area (Å²) in [5.41, 5.74) is 5.79. The van der Waals surface area contributed by atoms with Gasteiger partial charge >= 0.3 is 0 Å². The fourth-order valence-corrected chi connectivity index (χ4v) is 5.02. The Balaban J connectivity index is 1.68. The topological polar surface area (TPSA) is 128 Å². The first kappa shape index (κ1) is 23.6. The second kappa shape index (κ2) is 10.5. The summed E-state index contributed by atoms with van der Waals surface area (Å²) in [6.07, 6.45) is 3.72. The Morgan fingerprint density at radius 3 is 2.44 bits per heavy atom. The molecule has 1 aliphatic heterocycles. The lowest BCUT2D eigenvalue weighted by atomic mass is 10.2. The number of anilines is 1. The molecule has 3 rings (SSSR count). The maximum Gasteiger partial charge on any atom is 0.262 e. The number of nitrogens with zero attached hydrogens (tertiary/aromatic N) is 1. The molecule has 172 valence electrons. The monoisotopic (exact) mass is 461 g/mol. The largest absolute Gasteiger partial charge is 0.497 e. The number of nitrogens with one attached hydrogen (secondary N) is 1. The van der Waals surface area contributed by atoms with Gasteiger partial charge in [-0.1, -0.05) is 18.9 Å². The Bertz CT molecular complexity index is 1080. The maximum absolute atomic E-state index is 13.0. The summed E-state index contributed by atoms with van der Waals surface area (Å²) in [4.78, 5) is 24.1. The first-order valence-electron chi connectivity index (χ1n) is 10.3. The van der Waals surface area contributed by atoms with Gasteiger partial charge in [-0.3, -0.25) is 9.59 Å². The number of rotatable bonds is 8. The summed E-state index contributed by atoms with van der Waals surface area (Å²) in [5.74, 6) is -0.664. The van der Waals surface area contributed by atoms with Crippen LogP contribution < -0.4 is 20.5 Å². The molecule has 1 heterocycles. The molecule has 3 N–H and O–H groups in total. The third-order valence-electron chi connectivity index (χ3n) is 5.13. The molecular weight excluding hydrogens is 434 g/mol. The molecule has 2 amide bonds. The number of benzene rings is 2. The van der Waals surface area contributed by atoms with E-state index in [4.69, 9.17) is 15.2 Å². The number of hydrogen-bond donors (Lipinski definition) is 2. The van der Waals surface area contributed by atoms with Crippen molar-refractivity contribution in [3.8, 4) is 11.5 Å². The zero-order chi connectivity index (χ0) is 23.1. The van der Waals surface area contributed by atoms with E-state index < -0.39 is 28.4 Å². The number of amides is 2. The van der Waals surface area contributed by atoms with Crippen LogP contribution in [-0.2, 0) is 14.8 Å². The van der Waals surface area contributed by atoms with E-state index >= 15 is 0 Å². The molecule has 1 aliphatic rings. The van der Waals surface area contributed by atoms with Crippen LogP contribution in [-0.4, -0.2) is 51.3 Å². The zero-order valence-electron chi connectivity index (χ0n) is 17.9. The standard InChI is InChI=1S/C22H27N3O6S/c1-30-17-9-10-19(22(23)27)20(14-17)31-15-21(26)24-16-7-6-8-18(13-16)32(28,29)25-11-4-2-3-5-12-25/h6-10,13-14H,2-5,11-12,15H2,1H3,(H2,23,27)(H,24,26). The number of methoxy groups -OCH3 is 1. The van der Waals surface area contributed by atoms with Crippen LogP contribution in [0, 0.1) is 0 Å². The third-order valence-corrected chi connectivity index (χ3v) is 7.03. The molecule has 2 aromatic carbocycles. The molecule has 2 aromatic rings. The van der Waals surface area contributed by atoms with Crippen LogP contribution >= 0.6 is 0 Å². The summed E-state index contributed by atoms with van der Waals surface area (Å²) >= 11 is 0. The van der Waals surface area contributed by atoms with Crippen molar-refractivity contribution in [3.63, 3.8) is 0 Å². The van der Waals surface area contributed by atoms with Crippen molar-refractivity contribution >= 4 is 27.5 Å². The SMILES string of the molecule is COc1ccc(C(N)=O)c(OCC(=O)Nc2cccc(S(=O)(=O)N3CCCCCC3)c2)c1. The van der Waals surface area contributed by atoms with Gasteiger partial charge < -0.3 is 20.5 Å². The van der Waals surface area contributed by atoms with Crippen LogP contribution in [0.5, 0.6) is 11.5 Å². The van der Waals surface area contributed by atoms with Gasteiger partial charge in [0.15, 0.2) is 6.61 Å². The minimum atomic E-state index is -3.64. The average molecular weight is 462 g/mol. The molecule has 0 saturated carbocycles. The predicted octanol–water partition coefficient (Wildman–Crippen LogP) is 2.38. The van der Waals surface area contributed by atoms with Gasteiger partial charge in [-0.05, 0) is 43.2 Å². The van der Waals surface area contributed by atoms with E-state index in [-0.39, 0.29) is 16.2 Å². The highest BCUT2D eigenvalue weighted by molar-refractivity contribution is 7.89. The number of primary amides is 1. The Labute approximate surface area is 187 Å².